The molecule has 0 radical (unpaired) electrons. The molecule has 6 N–H and O–H groups in total. The number of nitrogens with two attached hydrogens (primary N) is 2. The van der Waals surface area contributed by atoms with E-state index in [-0.39, 0.29) is 5.82 Å². The first kappa shape index (κ1) is 21.3. The number of nitrogens with zero attached hydrogens (tertiary/aromatic N) is 2. The van der Waals surface area contributed by atoms with Crippen LogP contribution in [0.15, 0.2) is 40.7 Å². The van der Waals surface area contributed by atoms with E-state index >= 15 is 0 Å². The highest BCUT2D eigenvalue weighted by Gasteiger charge is 2.25. The van der Waals surface area contributed by atoms with Crippen LogP contribution in [0.25, 0.3) is 5.57 Å². The lowest BCUT2D eigenvalue weighted by atomic mass is 10.0. The van der Waals surface area contributed by atoms with Crippen LogP contribution in [0, 0.1) is 5.82 Å². The third kappa shape index (κ3) is 5.35. The number of benzene rings is 1. The number of hydrogen-bond donors (Lipinski definition) is 4. The zero-order valence-corrected chi connectivity index (χ0v) is 17.1. The van der Waals surface area contributed by atoms with Crippen molar-refractivity contribution in [1.82, 2.24) is 10.2 Å². The van der Waals surface area contributed by atoms with Gasteiger partial charge in [-0.25, -0.2) is 4.39 Å². The fraction of sp³-hybridized carbons (Fsp3) is 0.476. The van der Waals surface area contributed by atoms with E-state index < -0.39 is 6.17 Å². The van der Waals surface area contributed by atoms with Crippen molar-refractivity contribution in [3.05, 3.63) is 47.0 Å². The lowest BCUT2D eigenvalue weighted by molar-refractivity contribution is 0.190. The van der Waals surface area contributed by atoms with Gasteiger partial charge in [-0.3, -0.25) is 4.99 Å². The Bertz CT molecular complexity index is 800. The van der Waals surface area contributed by atoms with Crippen molar-refractivity contribution < 1.29 is 9.13 Å². The summed E-state index contributed by atoms with van der Waals surface area (Å²) >= 11 is 0. The Morgan fingerprint density at radius 2 is 2.28 bits per heavy atom. The monoisotopic (exact) mass is 402 g/mol. The molecule has 29 heavy (non-hydrogen) atoms. The Morgan fingerprint density at radius 1 is 1.45 bits per heavy atom. The third-order valence-electron chi connectivity index (χ3n) is 5.32. The lowest BCUT2D eigenvalue weighted by Gasteiger charge is -2.33. The minimum atomic E-state index is -0.496. The quantitative estimate of drug-likeness (QED) is 0.407. The van der Waals surface area contributed by atoms with Gasteiger partial charge in [0.15, 0.2) is 0 Å². The molecule has 1 aromatic rings. The number of halogens is 1. The van der Waals surface area contributed by atoms with Crippen LogP contribution >= 0.6 is 0 Å². The van der Waals surface area contributed by atoms with Gasteiger partial charge in [-0.15, -0.1) is 0 Å². The summed E-state index contributed by atoms with van der Waals surface area (Å²) in [5.74, 6) is -0.384. The Labute approximate surface area is 171 Å². The number of ether oxygens (including phenoxy) is 1. The molecular formula is C21H31FN6O. The average molecular weight is 403 g/mol. The number of rotatable bonds is 7. The second-order valence-corrected chi connectivity index (χ2v) is 7.52. The van der Waals surface area contributed by atoms with E-state index in [1.807, 2.05) is 0 Å². The Hall–Kier alpha value is -2.42. The molecule has 158 valence electrons. The molecule has 2 unspecified atom stereocenters. The van der Waals surface area contributed by atoms with Gasteiger partial charge in [-0.1, -0.05) is 6.07 Å². The molecule has 1 aromatic carbocycles. The molecule has 0 aromatic heterocycles. The minimum absolute atomic E-state index is 0.313. The summed E-state index contributed by atoms with van der Waals surface area (Å²) in [6.45, 7) is 3.19. The van der Waals surface area contributed by atoms with Crippen LogP contribution < -0.4 is 22.1 Å². The van der Waals surface area contributed by atoms with Crippen LogP contribution in [0.5, 0.6) is 0 Å². The first-order valence-electron chi connectivity index (χ1n) is 9.92. The number of likely N-dealkylation sites (N-methyl/N-ethyl adjacent to an activating group) is 1. The van der Waals surface area contributed by atoms with E-state index in [0.717, 1.165) is 43.8 Å². The van der Waals surface area contributed by atoms with Gasteiger partial charge < -0.3 is 31.7 Å². The molecular weight excluding hydrogens is 371 g/mol. The molecule has 0 aliphatic carbocycles. The summed E-state index contributed by atoms with van der Waals surface area (Å²) in [4.78, 5) is 6.16. The second-order valence-electron chi connectivity index (χ2n) is 7.52. The molecule has 0 bridgehead atoms. The van der Waals surface area contributed by atoms with Gasteiger partial charge in [0.05, 0.1) is 24.5 Å². The van der Waals surface area contributed by atoms with Gasteiger partial charge in [-0.2, -0.15) is 0 Å². The highest BCUT2D eigenvalue weighted by Crippen LogP contribution is 2.24. The predicted molar refractivity (Wildman–Crippen MR) is 116 cm³/mol. The predicted octanol–water partition coefficient (Wildman–Crippen LogP) is 1.49. The molecule has 2 atom stereocenters. The minimum Gasteiger partial charge on any atom is -0.404 e. The molecule has 2 heterocycles. The molecule has 0 saturated carbocycles. The first-order chi connectivity index (χ1) is 14.0. The molecule has 1 fully saturated rings. The van der Waals surface area contributed by atoms with Crippen molar-refractivity contribution in [2.75, 3.05) is 45.7 Å². The lowest BCUT2D eigenvalue weighted by Crippen LogP contribution is -2.44. The van der Waals surface area contributed by atoms with Crippen molar-refractivity contribution >= 4 is 17.5 Å². The number of anilines is 1. The molecule has 2 aliphatic rings. The van der Waals surface area contributed by atoms with Gasteiger partial charge >= 0.3 is 0 Å². The maximum absolute atomic E-state index is 14.7. The highest BCUT2D eigenvalue weighted by atomic mass is 19.1. The average Bonchev–Trinajstić information content (AvgIpc) is 3.22. The number of nitrogens with one attached hydrogen (secondary N) is 2. The standard InChI is InChI=1S/C21H31FN6O/c1-25-11-15(10-23)14-3-4-20(18(22)9-14)27-21(24)17-12-28(2)7-5-19(17)26-16-6-8-29-13-16/h3-4,9-11,16,21,26-27H,5-8,12-13,23-24H2,1-2H3. The molecule has 0 amide bonds. The molecule has 7 nitrogen and oxygen atoms in total. The number of allylic oxidation sites excluding steroid dienone is 1. The smallest absolute Gasteiger partial charge is 0.146 e. The van der Waals surface area contributed by atoms with E-state index in [9.17, 15) is 4.39 Å². The maximum Gasteiger partial charge on any atom is 0.146 e. The zero-order valence-electron chi connectivity index (χ0n) is 17.1. The summed E-state index contributed by atoms with van der Waals surface area (Å²) in [5.41, 5.74) is 15.9. The van der Waals surface area contributed by atoms with Gasteiger partial charge in [0.1, 0.15) is 5.82 Å². The fourth-order valence-electron chi connectivity index (χ4n) is 3.69. The Kier molecular flexibility index (Phi) is 7.24. The van der Waals surface area contributed by atoms with Crippen LogP contribution in [0.1, 0.15) is 18.4 Å². The topological polar surface area (TPSA) is 101 Å². The SMILES string of the molecule is CN=CC(=CN)c1ccc(NC(N)C2=C(NC3CCOC3)CCN(C)C2)c(F)c1. The van der Waals surface area contributed by atoms with Crippen LogP contribution in [-0.2, 0) is 4.74 Å². The summed E-state index contributed by atoms with van der Waals surface area (Å²) < 4.78 is 20.2. The summed E-state index contributed by atoms with van der Waals surface area (Å²) in [5, 5.41) is 6.73. The van der Waals surface area contributed by atoms with Crippen molar-refractivity contribution in [3.8, 4) is 0 Å². The van der Waals surface area contributed by atoms with E-state index in [1.54, 1.807) is 25.4 Å². The molecule has 8 heteroatoms. The summed E-state index contributed by atoms with van der Waals surface area (Å²) in [6.07, 6.45) is 4.39. The van der Waals surface area contributed by atoms with Gasteiger partial charge in [0.2, 0.25) is 0 Å². The van der Waals surface area contributed by atoms with E-state index in [0.29, 0.717) is 29.5 Å². The Morgan fingerprint density at radius 3 is 2.93 bits per heavy atom. The maximum atomic E-state index is 14.7. The van der Waals surface area contributed by atoms with Crippen molar-refractivity contribution in [1.29, 1.82) is 0 Å². The van der Waals surface area contributed by atoms with E-state index in [4.69, 9.17) is 16.2 Å². The highest BCUT2D eigenvalue weighted by molar-refractivity contribution is 6.09. The fourth-order valence-corrected chi connectivity index (χ4v) is 3.69. The van der Waals surface area contributed by atoms with E-state index in [2.05, 4.69) is 27.6 Å². The Balaban J connectivity index is 1.77. The summed E-state index contributed by atoms with van der Waals surface area (Å²) in [7, 11) is 3.71. The zero-order chi connectivity index (χ0) is 20.8. The first-order valence-corrected chi connectivity index (χ1v) is 9.92. The normalized spacial score (nSPS) is 22.3. The van der Waals surface area contributed by atoms with Crippen molar-refractivity contribution in [2.45, 2.75) is 25.0 Å². The number of hydrogen-bond acceptors (Lipinski definition) is 7. The molecule has 3 rings (SSSR count). The number of aliphatic imine (C=N–C) groups is 1. The molecule has 0 spiro atoms. The second kappa shape index (κ2) is 9.87. The van der Waals surface area contributed by atoms with Gasteiger partial charge in [0, 0.05) is 50.4 Å². The largest absolute Gasteiger partial charge is 0.404 e. The summed E-state index contributed by atoms with van der Waals surface area (Å²) in [6, 6.07) is 5.23. The van der Waals surface area contributed by atoms with Crippen molar-refractivity contribution in [2.24, 2.45) is 16.5 Å². The van der Waals surface area contributed by atoms with Crippen LogP contribution in [0.2, 0.25) is 0 Å². The van der Waals surface area contributed by atoms with Gasteiger partial charge in [0.25, 0.3) is 0 Å². The van der Waals surface area contributed by atoms with Gasteiger partial charge in [-0.05, 0) is 43.2 Å². The van der Waals surface area contributed by atoms with E-state index in [1.165, 1.54) is 12.3 Å². The molecule has 1 saturated heterocycles. The van der Waals surface area contributed by atoms with Crippen molar-refractivity contribution in [3.63, 3.8) is 0 Å². The van der Waals surface area contributed by atoms with Crippen LogP contribution in [0.4, 0.5) is 10.1 Å². The van der Waals surface area contributed by atoms with Crippen LogP contribution in [-0.4, -0.2) is 63.7 Å². The van der Waals surface area contributed by atoms with Crippen LogP contribution in [0.3, 0.4) is 0 Å². The molecule has 2 aliphatic heterocycles. The third-order valence-corrected chi connectivity index (χ3v) is 5.32.